The van der Waals surface area contributed by atoms with Crippen LogP contribution in [0.2, 0.25) is 0 Å². The predicted octanol–water partition coefficient (Wildman–Crippen LogP) is 2.14. The number of urea groups is 1. The Labute approximate surface area is 178 Å². The number of aromatic nitrogens is 1. The van der Waals surface area contributed by atoms with Crippen LogP contribution in [0.5, 0.6) is 0 Å². The van der Waals surface area contributed by atoms with E-state index < -0.39 is 30.7 Å². The first-order valence-corrected chi connectivity index (χ1v) is 10.0. The van der Waals surface area contributed by atoms with E-state index in [1.165, 1.54) is 11.0 Å². The molecule has 4 rings (SSSR count). The molecule has 8 nitrogen and oxygen atoms in total. The quantitative estimate of drug-likeness (QED) is 0.608. The van der Waals surface area contributed by atoms with Gasteiger partial charge >= 0.3 is 12.2 Å². The zero-order chi connectivity index (χ0) is 21.5. The summed E-state index contributed by atoms with van der Waals surface area (Å²) in [5, 5.41) is 7.53. The van der Waals surface area contributed by atoms with Gasteiger partial charge < -0.3 is 15.5 Å². The van der Waals surface area contributed by atoms with Gasteiger partial charge in [0.2, 0.25) is 5.91 Å². The summed E-state index contributed by atoms with van der Waals surface area (Å²) in [6.07, 6.45) is 0.933. The minimum absolute atomic E-state index is 0.131. The highest BCUT2D eigenvalue weighted by Crippen LogP contribution is 2.33. The van der Waals surface area contributed by atoms with Gasteiger partial charge in [-0.05, 0) is 24.6 Å². The highest BCUT2D eigenvalue weighted by molar-refractivity contribution is 9.10. The number of halogens is 4. The summed E-state index contributed by atoms with van der Waals surface area (Å²) in [5.41, 5.74) is 0.723. The molecule has 2 bridgehead atoms. The molecule has 0 spiro atoms. The third-order valence-corrected chi connectivity index (χ3v) is 5.51. The summed E-state index contributed by atoms with van der Waals surface area (Å²) in [7, 11) is 0. The van der Waals surface area contributed by atoms with E-state index in [-0.39, 0.29) is 6.04 Å². The second kappa shape index (κ2) is 7.82. The Kier molecular flexibility index (Phi) is 5.35. The third kappa shape index (κ3) is 4.23. The Morgan fingerprint density at radius 1 is 1.37 bits per heavy atom. The van der Waals surface area contributed by atoms with Crippen molar-refractivity contribution in [1.82, 2.24) is 25.4 Å². The number of anilines is 1. The van der Waals surface area contributed by atoms with E-state index in [9.17, 15) is 22.8 Å². The lowest BCUT2D eigenvalue weighted by molar-refractivity contribution is -0.138. The van der Waals surface area contributed by atoms with Gasteiger partial charge in [-0.1, -0.05) is 22.0 Å². The van der Waals surface area contributed by atoms with Crippen molar-refractivity contribution < 1.29 is 22.8 Å². The smallest absolute Gasteiger partial charge is 0.366 e. The van der Waals surface area contributed by atoms with Gasteiger partial charge in [-0.2, -0.15) is 13.2 Å². The average Bonchev–Trinajstić information content (AvgIpc) is 3.09. The van der Waals surface area contributed by atoms with E-state index in [2.05, 4.69) is 36.4 Å². The maximum atomic E-state index is 13.0. The zero-order valence-corrected chi connectivity index (χ0v) is 17.1. The number of fused-ring (bicyclic) bond motifs is 3. The Hall–Kier alpha value is -2.76. The minimum Gasteiger partial charge on any atom is -0.366 e. The molecule has 3 amide bonds. The van der Waals surface area contributed by atoms with Gasteiger partial charge in [-0.25, -0.2) is 9.78 Å². The Bertz CT molecular complexity index is 935. The topological polar surface area (TPSA) is 89.6 Å². The normalized spacial score (nSPS) is 22.5. The van der Waals surface area contributed by atoms with Crippen molar-refractivity contribution in [1.29, 1.82) is 0 Å². The van der Waals surface area contributed by atoms with Crippen LogP contribution in [0.3, 0.4) is 0 Å². The SMILES string of the molecule is O=C(NCC(F)(F)F)C1C=CC2=C(N1)N(C(=O)Nc1cc(Br)ccn1)C1CCN2C1. The number of carbonyl (C=O) groups excluding carboxylic acids is 2. The summed E-state index contributed by atoms with van der Waals surface area (Å²) in [4.78, 5) is 33.0. The van der Waals surface area contributed by atoms with Crippen molar-refractivity contribution in [2.24, 2.45) is 0 Å². The molecule has 1 aromatic heterocycles. The lowest BCUT2D eigenvalue weighted by atomic mass is 10.1. The molecule has 0 saturated carbocycles. The fraction of sp³-hybridized carbons (Fsp3) is 0.389. The molecule has 30 heavy (non-hydrogen) atoms. The molecule has 0 radical (unpaired) electrons. The van der Waals surface area contributed by atoms with Crippen LogP contribution in [-0.2, 0) is 4.79 Å². The average molecular weight is 487 g/mol. The summed E-state index contributed by atoms with van der Waals surface area (Å²) in [6, 6.07) is 1.79. The first kappa shape index (κ1) is 20.5. The summed E-state index contributed by atoms with van der Waals surface area (Å²) < 4.78 is 38.0. The second-order valence-corrected chi connectivity index (χ2v) is 8.01. The van der Waals surface area contributed by atoms with Gasteiger partial charge in [0, 0.05) is 23.8 Å². The molecule has 4 heterocycles. The molecule has 1 fully saturated rings. The van der Waals surface area contributed by atoms with Crippen LogP contribution < -0.4 is 16.0 Å². The third-order valence-electron chi connectivity index (χ3n) is 5.01. The van der Waals surface area contributed by atoms with Crippen LogP contribution in [0.1, 0.15) is 6.42 Å². The number of amides is 3. The number of dihydropyridines is 1. The molecule has 3 aliphatic rings. The standard InChI is InChI=1S/C18H18BrF3N6O2/c19-10-3-5-23-14(7-10)26-17(30)28-11-4-6-27(8-11)13-2-1-12(25-15(13)28)16(29)24-9-18(20,21)22/h1-3,5,7,11-12,25H,4,6,8-9H2,(H,24,29)(H,23,26,30). The van der Waals surface area contributed by atoms with Crippen LogP contribution in [0.4, 0.5) is 23.8 Å². The molecular weight excluding hydrogens is 469 g/mol. The number of pyridine rings is 1. The molecule has 1 saturated heterocycles. The Balaban J connectivity index is 1.53. The molecule has 2 atom stereocenters. The molecular formula is C18H18BrF3N6O2. The van der Waals surface area contributed by atoms with Crippen LogP contribution >= 0.6 is 15.9 Å². The first-order valence-electron chi connectivity index (χ1n) is 9.21. The largest absolute Gasteiger partial charge is 0.405 e. The van der Waals surface area contributed by atoms with Gasteiger partial charge in [0.05, 0.1) is 11.7 Å². The summed E-state index contributed by atoms with van der Waals surface area (Å²) in [6.45, 7) is -0.0498. The van der Waals surface area contributed by atoms with E-state index in [0.717, 1.165) is 23.1 Å². The first-order chi connectivity index (χ1) is 14.2. The highest BCUT2D eigenvalue weighted by atomic mass is 79.9. The lowest BCUT2D eigenvalue weighted by Crippen LogP contribution is -2.56. The van der Waals surface area contributed by atoms with Crippen molar-refractivity contribution in [2.45, 2.75) is 24.7 Å². The highest BCUT2D eigenvalue weighted by Gasteiger charge is 2.42. The molecule has 160 valence electrons. The fourth-order valence-corrected chi connectivity index (χ4v) is 4.03. The fourth-order valence-electron chi connectivity index (χ4n) is 3.70. The van der Waals surface area contributed by atoms with Crippen molar-refractivity contribution in [3.8, 4) is 0 Å². The molecule has 0 aromatic carbocycles. The maximum absolute atomic E-state index is 13.0. The summed E-state index contributed by atoms with van der Waals surface area (Å²) >= 11 is 3.32. The van der Waals surface area contributed by atoms with Gasteiger partial charge in [-0.3, -0.25) is 15.0 Å². The van der Waals surface area contributed by atoms with Crippen molar-refractivity contribution in [3.05, 3.63) is 46.5 Å². The number of carbonyl (C=O) groups is 2. The summed E-state index contributed by atoms with van der Waals surface area (Å²) in [5.74, 6) is -0.0780. The molecule has 3 N–H and O–H groups in total. The van der Waals surface area contributed by atoms with Crippen molar-refractivity contribution >= 4 is 33.7 Å². The Morgan fingerprint density at radius 3 is 2.90 bits per heavy atom. The number of rotatable bonds is 3. The van der Waals surface area contributed by atoms with Gasteiger partial charge in [-0.15, -0.1) is 0 Å². The van der Waals surface area contributed by atoms with Crippen molar-refractivity contribution in [2.75, 3.05) is 25.0 Å². The van der Waals surface area contributed by atoms with E-state index in [4.69, 9.17) is 0 Å². The van der Waals surface area contributed by atoms with Gasteiger partial charge in [0.1, 0.15) is 24.2 Å². The van der Waals surface area contributed by atoms with E-state index >= 15 is 0 Å². The number of hydrogen-bond acceptors (Lipinski definition) is 5. The molecule has 3 aliphatic heterocycles. The number of nitrogens with one attached hydrogen (secondary N) is 3. The van der Waals surface area contributed by atoms with E-state index in [1.54, 1.807) is 24.4 Å². The van der Waals surface area contributed by atoms with Crippen LogP contribution in [0, 0.1) is 0 Å². The second-order valence-electron chi connectivity index (χ2n) is 7.10. The number of alkyl halides is 3. The predicted molar refractivity (Wildman–Crippen MR) is 105 cm³/mol. The van der Waals surface area contributed by atoms with Gasteiger partial charge in [0.15, 0.2) is 0 Å². The Morgan fingerprint density at radius 2 is 2.17 bits per heavy atom. The molecule has 12 heteroatoms. The number of allylic oxidation sites excluding steroid dienone is 1. The van der Waals surface area contributed by atoms with Crippen LogP contribution in [0.15, 0.2) is 46.5 Å². The molecule has 0 aliphatic carbocycles. The molecule has 2 unspecified atom stereocenters. The zero-order valence-electron chi connectivity index (χ0n) is 15.5. The number of hydrogen-bond donors (Lipinski definition) is 3. The minimum atomic E-state index is -4.50. The van der Waals surface area contributed by atoms with Crippen molar-refractivity contribution in [3.63, 3.8) is 0 Å². The van der Waals surface area contributed by atoms with E-state index in [1.807, 2.05) is 5.32 Å². The van der Waals surface area contributed by atoms with Crippen LogP contribution in [-0.4, -0.2) is 64.6 Å². The number of nitrogens with zero attached hydrogens (tertiary/aromatic N) is 3. The van der Waals surface area contributed by atoms with E-state index in [0.29, 0.717) is 18.2 Å². The lowest BCUT2D eigenvalue weighted by Gasteiger charge is -2.40. The monoisotopic (exact) mass is 486 g/mol. The van der Waals surface area contributed by atoms with Crippen LogP contribution in [0.25, 0.3) is 0 Å². The van der Waals surface area contributed by atoms with Gasteiger partial charge in [0.25, 0.3) is 0 Å². The maximum Gasteiger partial charge on any atom is 0.405 e. The molecule has 1 aromatic rings.